The Morgan fingerprint density at radius 2 is 1.08 bits per heavy atom. The third kappa shape index (κ3) is 5.82. The van der Waals surface area contributed by atoms with E-state index in [0.717, 1.165) is 11.1 Å². The monoisotopic (exact) mass is 360 g/mol. The highest BCUT2D eigenvalue weighted by atomic mass is 16.5. The first-order chi connectivity index (χ1) is 12.7. The van der Waals surface area contributed by atoms with E-state index in [0.29, 0.717) is 62.5 Å². The molecular formula is C20H28N2O4. The van der Waals surface area contributed by atoms with Gasteiger partial charge in [-0.2, -0.15) is 0 Å². The van der Waals surface area contributed by atoms with E-state index in [2.05, 4.69) is 0 Å². The van der Waals surface area contributed by atoms with E-state index in [9.17, 15) is 0 Å². The van der Waals surface area contributed by atoms with E-state index in [1.54, 1.807) is 0 Å². The largest absolute Gasteiger partial charge is 0.489 e. The van der Waals surface area contributed by atoms with Crippen molar-refractivity contribution in [1.82, 2.24) is 0 Å². The summed E-state index contributed by atoms with van der Waals surface area (Å²) in [4.78, 5) is 0. The molecule has 0 aliphatic heterocycles. The van der Waals surface area contributed by atoms with Crippen LogP contribution in [-0.2, 0) is 9.47 Å². The first-order valence-electron chi connectivity index (χ1n) is 8.86. The summed E-state index contributed by atoms with van der Waals surface area (Å²) in [5.41, 5.74) is 15.1. The van der Waals surface area contributed by atoms with Gasteiger partial charge in [-0.3, -0.25) is 0 Å². The Kier molecular flexibility index (Phi) is 8.05. The van der Waals surface area contributed by atoms with E-state index in [-0.39, 0.29) is 0 Å². The lowest BCUT2D eigenvalue weighted by molar-refractivity contribution is 0.110. The van der Waals surface area contributed by atoms with Gasteiger partial charge in [0.25, 0.3) is 0 Å². The SMILES string of the molecule is CCOCCOc1cc(-c2ccc(N)c(OCCOCC)c2)ccc1N. The Bertz CT molecular complexity index is 632. The molecule has 0 spiro atoms. The predicted octanol–water partition coefficient (Wildman–Crippen LogP) is 3.35. The second kappa shape index (κ2) is 10.5. The lowest BCUT2D eigenvalue weighted by atomic mass is 10.0. The molecule has 0 unspecified atom stereocenters. The topological polar surface area (TPSA) is 89.0 Å². The summed E-state index contributed by atoms with van der Waals surface area (Å²) in [7, 11) is 0. The van der Waals surface area contributed by atoms with Crippen LogP contribution in [0.15, 0.2) is 36.4 Å². The molecule has 0 heterocycles. The standard InChI is InChI=1S/C20H28N2O4/c1-3-23-9-11-25-19-13-15(5-7-17(19)21)16-6-8-18(22)20(14-16)26-12-10-24-4-2/h5-8,13-14H,3-4,9-12,21-22H2,1-2H3. The zero-order valence-electron chi connectivity index (χ0n) is 15.5. The molecule has 6 nitrogen and oxygen atoms in total. The van der Waals surface area contributed by atoms with Crippen LogP contribution >= 0.6 is 0 Å². The summed E-state index contributed by atoms with van der Waals surface area (Å²) in [5, 5.41) is 0. The molecule has 4 N–H and O–H groups in total. The van der Waals surface area contributed by atoms with Gasteiger partial charge in [0.15, 0.2) is 0 Å². The van der Waals surface area contributed by atoms with Gasteiger partial charge in [0.1, 0.15) is 24.7 Å². The van der Waals surface area contributed by atoms with Crippen LogP contribution in [0.25, 0.3) is 11.1 Å². The first-order valence-corrected chi connectivity index (χ1v) is 8.86. The molecule has 0 saturated heterocycles. The normalized spacial score (nSPS) is 10.7. The third-order valence-corrected chi connectivity index (χ3v) is 3.74. The molecule has 2 aromatic rings. The van der Waals surface area contributed by atoms with Crippen LogP contribution in [0.2, 0.25) is 0 Å². The average Bonchev–Trinajstić information content (AvgIpc) is 2.65. The minimum atomic E-state index is 0.453. The minimum Gasteiger partial charge on any atom is -0.489 e. The van der Waals surface area contributed by atoms with Crippen LogP contribution in [0, 0.1) is 0 Å². The van der Waals surface area contributed by atoms with Crippen LogP contribution in [0.4, 0.5) is 11.4 Å². The minimum absolute atomic E-state index is 0.453. The number of benzene rings is 2. The molecule has 0 radical (unpaired) electrons. The molecule has 26 heavy (non-hydrogen) atoms. The summed E-state index contributed by atoms with van der Waals surface area (Å²) in [6.07, 6.45) is 0. The zero-order chi connectivity index (χ0) is 18.8. The lowest BCUT2D eigenvalue weighted by Crippen LogP contribution is -2.08. The Labute approximate surface area is 155 Å². The molecule has 0 amide bonds. The van der Waals surface area contributed by atoms with Gasteiger partial charge in [-0.1, -0.05) is 12.1 Å². The number of hydrogen-bond acceptors (Lipinski definition) is 6. The van der Waals surface area contributed by atoms with E-state index < -0.39 is 0 Å². The number of nitrogens with two attached hydrogens (primary N) is 2. The zero-order valence-corrected chi connectivity index (χ0v) is 15.5. The van der Waals surface area contributed by atoms with Crippen molar-refractivity contribution in [2.45, 2.75) is 13.8 Å². The quantitative estimate of drug-likeness (QED) is 0.472. The molecule has 0 aliphatic rings. The molecular weight excluding hydrogens is 332 g/mol. The first kappa shape index (κ1) is 19.9. The highest BCUT2D eigenvalue weighted by Gasteiger charge is 2.08. The van der Waals surface area contributed by atoms with Gasteiger partial charge < -0.3 is 30.4 Å². The highest BCUT2D eigenvalue weighted by molar-refractivity contribution is 5.73. The van der Waals surface area contributed by atoms with Crippen molar-refractivity contribution in [3.05, 3.63) is 36.4 Å². The van der Waals surface area contributed by atoms with E-state index in [1.807, 2.05) is 50.2 Å². The summed E-state index contributed by atoms with van der Waals surface area (Å²) in [6, 6.07) is 11.4. The summed E-state index contributed by atoms with van der Waals surface area (Å²) in [5.74, 6) is 1.27. The molecule has 0 fully saturated rings. The van der Waals surface area contributed by atoms with Crippen molar-refractivity contribution >= 4 is 11.4 Å². The third-order valence-electron chi connectivity index (χ3n) is 3.74. The van der Waals surface area contributed by atoms with Crippen molar-refractivity contribution in [2.75, 3.05) is 51.1 Å². The Morgan fingerprint density at radius 3 is 1.46 bits per heavy atom. The van der Waals surface area contributed by atoms with Gasteiger partial charge in [-0.15, -0.1) is 0 Å². The second-order valence-corrected chi connectivity index (χ2v) is 5.60. The maximum atomic E-state index is 6.01. The van der Waals surface area contributed by atoms with Crippen LogP contribution in [0.5, 0.6) is 11.5 Å². The van der Waals surface area contributed by atoms with Crippen LogP contribution < -0.4 is 20.9 Å². The maximum absolute atomic E-state index is 6.01. The fourth-order valence-corrected chi connectivity index (χ4v) is 2.39. The summed E-state index contributed by atoms with van der Waals surface area (Å²) < 4.78 is 22.0. The summed E-state index contributed by atoms with van der Waals surface area (Å²) >= 11 is 0. The molecule has 6 heteroatoms. The molecule has 2 rings (SSSR count). The van der Waals surface area contributed by atoms with Crippen molar-refractivity contribution in [2.24, 2.45) is 0 Å². The van der Waals surface area contributed by atoms with Gasteiger partial charge in [-0.25, -0.2) is 0 Å². The van der Waals surface area contributed by atoms with Crippen molar-refractivity contribution in [1.29, 1.82) is 0 Å². The molecule has 2 aromatic carbocycles. The summed E-state index contributed by atoms with van der Waals surface area (Å²) in [6.45, 7) is 7.19. The average molecular weight is 360 g/mol. The van der Waals surface area contributed by atoms with E-state index in [1.165, 1.54) is 0 Å². The van der Waals surface area contributed by atoms with E-state index >= 15 is 0 Å². The predicted molar refractivity (Wildman–Crippen MR) is 105 cm³/mol. The molecule has 0 bridgehead atoms. The van der Waals surface area contributed by atoms with Gasteiger partial charge in [0, 0.05) is 13.2 Å². The van der Waals surface area contributed by atoms with Crippen LogP contribution in [0.3, 0.4) is 0 Å². The van der Waals surface area contributed by atoms with E-state index in [4.69, 9.17) is 30.4 Å². The molecule has 0 saturated carbocycles. The Morgan fingerprint density at radius 1 is 0.654 bits per heavy atom. The number of anilines is 2. The van der Waals surface area contributed by atoms with Gasteiger partial charge in [0.05, 0.1) is 24.6 Å². The number of ether oxygens (including phenoxy) is 4. The number of nitrogen functional groups attached to an aromatic ring is 2. The lowest BCUT2D eigenvalue weighted by Gasteiger charge is -2.13. The molecule has 0 atom stereocenters. The van der Waals surface area contributed by atoms with Gasteiger partial charge in [0.2, 0.25) is 0 Å². The Hall–Kier alpha value is -2.44. The molecule has 0 aromatic heterocycles. The van der Waals surface area contributed by atoms with Gasteiger partial charge in [-0.05, 0) is 49.2 Å². The van der Waals surface area contributed by atoms with Crippen molar-refractivity contribution in [3.8, 4) is 22.6 Å². The van der Waals surface area contributed by atoms with Crippen LogP contribution in [-0.4, -0.2) is 39.6 Å². The highest BCUT2D eigenvalue weighted by Crippen LogP contribution is 2.33. The maximum Gasteiger partial charge on any atom is 0.142 e. The van der Waals surface area contributed by atoms with Crippen LogP contribution in [0.1, 0.15) is 13.8 Å². The van der Waals surface area contributed by atoms with Gasteiger partial charge >= 0.3 is 0 Å². The van der Waals surface area contributed by atoms with Crippen molar-refractivity contribution < 1.29 is 18.9 Å². The molecule has 0 aliphatic carbocycles. The fourth-order valence-electron chi connectivity index (χ4n) is 2.39. The smallest absolute Gasteiger partial charge is 0.142 e. The second-order valence-electron chi connectivity index (χ2n) is 5.60. The fraction of sp³-hybridized carbons (Fsp3) is 0.400. The Balaban J connectivity index is 2.11. The number of rotatable bonds is 11. The number of hydrogen-bond donors (Lipinski definition) is 2. The molecule has 142 valence electrons. The van der Waals surface area contributed by atoms with Crippen molar-refractivity contribution in [3.63, 3.8) is 0 Å².